The lowest BCUT2D eigenvalue weighted by Crippen LogP contribution is -2.44. The highest BCUT2D eigenvalue weighted by atomic mass is 32.1. The van der Waals surface area contributed by atoms with Crippen molar-refractivity contribution in [2.24, 2.45) is 0 Å². The van der Waals surface area contributed by atoms with Gasteiger partial charge in [-0.15, -0.1) is 11.3 Å². The predicted molar refractivity (Wildman–Crippen MR) is 143 cm³/mol. The highest BCUT2D eigenvalue weighted by Crippen LogP contribution is 2.38. The van der Waals surface area contributed by atoms with E-state index in [-0.39, 0.29) is 23.5 Å². The number of rotatable bonds is 6. The third-order valence-electron chi connectivity index (χ3n) is 6.14. The summed E-state index contributed by atoms with van der Waals surface area (Å²) in [6.45, 7) is 14.4. The number of aryl methyl sites for hydroxylation is 2. The Labute approximate surface area is 218 Å². The molecule has 184 valence electrons. The van der Waals surface area contributed by atoms with E-state index in [2.05, 4.69) is 15.1 Å². The maximum Gasteiger partial charge on any atom is 0.263 e. The van der Waals surface area contributed by atoms with Crippen molar-refractivity contribution in [3.8, 4) is 0 Å². The van der Waals surface area contributed by atoms with Crippen molar-refractivity contribution in [3.05, 3.63) is 80.8 Å². The maximum absolute atomic E-state index is 15.1. The van der Waals surface area contributed by atoms with Gasteiger partial charge in [0.1, 0.15) is 16.2 Å². The fourth-order valence-corrected chi connectivity index (χ4v) is 5.46. The molecular weight excluding hydrogens is 497 g/mol. The summed E-state index contributed by atoms with van der Waals surface area (Å²) in [5.74, 6) is -1.06. The van der Waals surface area contributed by atoms with Gasteiger partial charge >= 0.3 is 0 Å². The van der Waals surface area contributed by atoms with Crippen LogP contribution in [0, 0.1) is 19.3 Å². The first-order valence-electron chi connectivity index (χ1n) is 11.3. The minimum atomic E-state index is -1.06. The number of carbonyl (C=O) groups is 2. The van der Waals surface area contributed by atoms with Crippen molar-refractivity contribution in [3.63, 3.8) is 0 Å². The molecule has 2 amide bonds. The molecule has 1 aliphatic rings. The van der Waals surface area contributed by atoms with Gasteiger partial charge in [-0.25, -0.2) is 14.2 Å². The summed E-state index contributed by atoms with van der Waals surface area (Å²) < 4.78 is 15.1. The first-order valence-corrected chi connectivity index (χ1v) is 12.5. The van der Waals surface area contributed by atoms with Crippen LogP contribution in [0.25, 0.3) is 4.85 Å². The minimum absolute atomic E-state index is 0.0115. The van der Waals surface area contributed by atoms with E-state index >= 15 is 4.39 Å². The van der Waals surface area contributed by atoms with E-state index in [0.29, 0.717) is 39.6 Å². The Bertz CT molecular complexity index is 1430. The van der Waals surface area contributed by atoms with Crippen LogP contribution in [0.4, 0.5) is 21.5 Å². The summed E-state index contributed by atoms with van der Waals surface area (Å²) in [7, 11) is 0. The Morgan fingerprint density at radius 3 is 2.61 bits per heavy atom. The average Bonchev–Trinajstić information content (AvgIpc) is 3.38. The molecule has 0 unspecified atom stereocenters. The molecule has 7 nitrogen and oxygen atoms in total. The molecule has 36 heavy (non-hydrogen) atoms. The molecule has 4 rings (SSSR count). The van der Waals surface area contributed by atoms with Crippen LogP contribution in [0.5, 0.6) is 0 Å². The molecule has 0 aliphatic carbocycles. The number of carbonyl (C=O) groups excluding carboxylic acids is 2. The summed E-state index contributed by atoms with van der Waals surface area (Å²) in [5, 5.41) is 2.97. The summed E-state index contributed by atoms with van der Waals surface area (Å²) in [5.41, 5.74) is 3.80. The molecule has 1 N–H and O–H groups in total. The van der Waals surface area contributed by atoms with Crippen LogP contribution in [-0.4, -0.2) is 27.4 Å². The minimum Gasteiger partial charge on any atom is -0.347 e. The SMILES string of the molecule is [C-]#[N+]c1ccc(N2C(=O)C(C)(C)N(c3ccc(CNC(=O)c4scnc4CC)c(F)c3)C2=S)cc1C. The first kappa shape index (κ1) is 25.4. The standard InChI is InChI=1S/C26H24FN5O2S2/c1-6-20-22(36-14-30-20)23(33)29-13-16-7-8-18(12-19(16)27)32-25(35)31(24(34)26(32,3)4)17-9-10-21(28-5)15(2)11-17/h7-12,14H,6,13H2,1-4H3,(H,29,33). The Balaban J connectivity index is 1.57. The van der Waals surface area contributed by atoms with Crippen molar-refractivity contribution in [1.82, 2.24) is 10.3 Å². The van der Waals surface area contributed by atoms with E-state index in [9.17, 15) is 9.59 Å². The normalized spacial score (nSPS) is 14.8. The van der Waals surface area contributed by atoms with Crippen molar-refractivity contribution in [2.75, 3.05) is 9.80 Å². The third-order valence-corrected chi connectivity index (χ3v) is 7.38. The van der Waals surface area contributed by atoms with Gasteiger partial charge in [-0.3, -0.25) is 14.5 Å². The monoisotopic (exact) mass is 521 g/mol. The van der Waals surface area contributed by atoms with Crippen LogP contribution in [0.3, 0.4) is 0 Å². The highest BCUT2D eigenvalue weighted by Gasteiger charge is 2.50. The van der Waals surface area contributed by atoms with E-state index in [1.54, 1.807) is 61.5 Å². The molecule has 1 fully saturated rings. The van der Waals surface area contributed by atoms with Gasteiger partial charge in [-0.05, 0) is 69.2 Å². The van der Waals surface area contributed by atoms with Crippen LogP contribution in [0.1, 0.15) is 47.3 Å². The zero-order valence-corrected chi connectivity index (χ0v) is 21.9. The summed E-state index contributed by atoms with van der Waals surface area (Å²) in [6.07, 6.45) is 0.639. The Morgan fingerprint density at radius 2 is 1.97 bits per heavy atom. The second-order valence-corrected chi connectivity index (χ2v) is 10.1. The lowest BCUT2D eigenvalue weighted by Gasteiger charge is -2.29. The van der Waals surface area contributed by atoms with Gasteiger partial charge in [0.25, 0.3) is 11.8 Å². The van der Waals surface area contributed by atoms with Crippen LogP contribution in [-0.2, 0) is 17.8 Å². The second-order valence-electron chi connectivity index (χ2n) is 8.84. The van der Waals surface area contributed by atoms with E-state index in [1.165, 1.54) is 22.3 Å². The molecule has 0 spiro atoms. The zero-order valence-electron chi connectivity index (χ0n) is 20.3. The molecule has 0 atom stereocenters. The molecule has 0 saturated carbocycles. The molecule has 10 heteroatoms. The quantitative estimate of drug-likeness (QED) is 0.340. The van der Waals surface area contributed by atoms with E-state index in [4.69, 9.17) is 18.8 Å². The van der Waals surface area contributed by atoms with Gasteiger partial charge in [0.2, 0.25) is 0 Å². The number of thiocarbonyl (C=S) groups is 1. The number of thiazole rings is 1. The number of amides is 2. The van der Waals surface area contributed by atoms with Crippen LogP contribution >= 0.6 is 23.6 Å². The van der Waals surface area contributed by atoms with Crippen LogP contribution in [0.2, 0.25) is 0 Å². The molecule has 0 bridgehead atoms. The topological polar surface area (TPSA) is 69.9 Å². The Hall–Kier alpha value is -3.68. The van der Waals surface area contributed by atoms with E-state index < -0.39 is 11.4 Å². The number of aromatic nitrogens is 1. The van der Waals surface area contributed by atoms with Gasteiger partial charge < -0.3 is 10.2 Å². The number of hydrogen-bond donors (Lipinski definition) is 1. The van der Waals surface area contributed by atoms with Crippen LogP contribution < -0.4 is 15.1 Å². The number of nitrogens with one attached hydrogen (secondary N) is 1. The zero-order chi connectivity index (χ0) is 26.2. The molecule has 1 aromatic heterocycles. The largest absolute Gasteiger partial charge is 0.347 e. The summed E-state index contributed by atoms with van der Waals surface area (Å²) >= 11 is 6.93. The van der Waals surface area contributed by atoms with Gasteiger partial charge in [0, 0.05) is 23.5 Å². The molecule has 1 aliphatic heterocycles. The van der Waals surface area contributed by atoms with Crippen LogP contribution in [0.15, 0.2) is 41.9 Å². The summed E-state index contributed by atoms with van der Waals surface area (Å²) in [4.78, 5) is 37.1. The Morgan fingerprint density at radius 1 is 1.25 bits per heavy atom. The molecule has 3 aromatic rings. The molecule has 0 radical (unpaired) electrons. The van der Waals surface area contributed by atoms with E-state index in [1.807, 2.05) is 6.92 Å². The van der Waals surface area contributed by atoms with E-state index in [0.717, 1.165) is 5.56 Å². The lowest BCUT2D eigenvalue weighted by molar-refractivity contribution is -0.120. The van der Waals surface area contributed by atoms with Crippen molar-refractivity contribution >= 4 is 57.5 Å². The number of nitrogens with zero attached hydrogens (tertiary/aromatic N) is 4. The Kier molecular flexibility index (Phi) is 6.89. The molecule has 1 saturated heterocycles. The van der Waals surface area contributed by atoms with Gasteiger partial charge in [0.15, 0.2) is 10.8 Å². The fourth-order valence-electron chi connectivity index (χ4n) is 4.14. The van der Waals surface area contributed by atoms with Gasteiger partial charge in [-0.1, -0.05) is 19.1 Å². The molecule has 2 heterocycles. The molecule has 2 aromatic carbocycles. The lowest BCUT2D eigenvalue weighted by atomic mass is 10.0. The first-order chi connectivity index (χ1) is 17.1. The highest BCUT2D eigenvalue weighted by molar-refractivity contribution is 7.81. The number of benzene rings is 2. The smallest absolute Gasteiger partial charge is 0.263 e. The second kappa shape index (κ2) is 9.76. The predicted octanol–water partition coefficient (Wildman–Crippen LogP) is 5.55. The van der Waals surface area contributed by atoms with Gasteiger partial charge in [-0.2, -0.15) is 0 Å². The average molecular weight is 522 g/mol. The summed E-state index contributed by atoms with van der Waals surface area (Å²) in [6, 6.07) is 9.68. The number of hydrogen-bond acceptors (Lipinski definition) is 5. The van der Waals surface area contributed by atoms with Crippen molar-refractivity contribution in [2.45, 2.75) is 46.2 Å². The number of halogens is 1. The molecular formula is C26H24FN5O2S2. The fraction of sp³-hybridized carbons (Fsp3) is 0.269. The third kappa shape index (κ3) is 4.36. The van der Waals surface area contributed by atoms with Crippen molar-refractivity contribution in [1.29, 1.82) is 0 Å². The van der Waals surface area contributed by atoms with Gasteiger partial charge in [0.05, 0.1) is 17.8 Å². The van der Waals surface area contributed by atoms with Crippen molar-refractivity contribution < 1.29 is 14.0 Å². The maximum atomic E-state index is 15.1. The number of anilines is 2.